The summed E-state index contributed by atoms with van der Waals surface area (Å²) in [5.41, 5.74) is 2.34. The van der Waals surface area contributed by atoms with E-state index in [0.29, 0.717) is 0 Å². The predicted octanol–water partition coefficient (Wildman–Crippen LogP) is 2.87. The zero-order valence-corrected chi connectivity index (χ0v) is 9.20. The lowest BCUT2D eigenvalue weighted by atomic mass is 9.91. The van der Waals surface area contributed by atoms with E-state index in [9.17, 15) is 0 Å². The van der Waals surface area contributed by atoms with Crippen LogP contribution in [0.5, 0.6) is 0 Å². The van der Waals surface area contributed by atoms with Gasteiger partial charge in [0.25, 0.3) is 0 Å². The second kappa shape index (κ2) is 2.84. The summed E-state index contributed by atoms with van der Waals surface area (Å²) in [6, 6.07) is 6.35. The van der Waals surface area contributed by atoms with Gasteiger partial charge in [0, 0.05) is 29.7 Å². The maximum atomic E-state index is 4.67. The topological polar surface area (TPSA) is 17.8 Å². The molecule has 0 saturated carbocycles. The molecule has 2 heteroatoms. The Hall–Kier alpha value is -1.31. The third kappa shape index (κ3) is 1.41. The van der Waals surface area contributed by atoms with E-state index in [0.717, 1.165) is 11.3 Å². The van der Waals surface area contributed by atoms with Gasteiger partial charge in [-0.3, -0.25) is 0 Å². The van der Waals surface area contributed by atoms with Crippen molar-refractivity contribution in [2.75, 3.05) is 0 Å². The summed E-state index contributed by atoms with van der Waals surface area (Å²) < 4.78 is 2.06. The number of hydrogen-bond acceptors (Lipinski definition) is 1. The molecule has 14 heavy (non-hydrogen) atoms. The maximum absolute atomic E-state index is 4.67. The van der Waals surface area contributed by atoms with Gasteiger partial charge in [-0.05, 0) is 18.2 Å². The Balaban J connectivity index is 2.66. The van der Waals surface area contributed by atoms with Gasteiger partial charge in [-0.15, -0.1) is 0 Å². The van der Waals surface area contributed by atoms with E-state index in [1.807, 2.05) is 13.2 Å². The Morgan fingerprint density at radius 3 is 2.50 bits per heavy atom. The van der Waals surface area contributed by atoms with E-state index < -0.39 is 0 Å². The summed E-state index contributed by atoms with van der Waals surface area (Å²) in [5.74, 6) is 0. The molecular formula is C12H16N2. The van der Waals surface area contributed by atoms with Crippen molar-refractivity contribution in [3.05, 3.63) is 30.1 Å². The lowest BCUT2D eigenvalue weighted by molar-refractivity contribution is 0.570. The molecule has 0 aliphatic carbocycles. The normalized spacial score (nSPS) is 12.3. The number of fused-ring (bicyclic) bond motifs is 1. The third-order valence-electron chi connectivity index (χ3n) is 2.49. The summed E-state index contributed by atoms with van der Waals surface area (Å²) in [5, 5.41) is 1.21. The number of aromatic nitrogens is 2. The molecule has 0 saturated heterocycles. The van der Waals surface area contributed by atoms with Crippen molar-refractivity contribution in [1.82, 2.24) is 9.55 Å². The number of hydrogen-bond donors (Lipinski definition) is 0. The van der Waals surface area contributed by atoms with Gasteiger partial charge < -0.3 is 4.57 Å². The number of rotatable bonds is 0. The van der Waals surface area contributed by atoms with Crippen LogP contribution in [-0.4, -0.2) is 9.55 Å². The number of nitrogens with zero attached hydrogens (tertiary/aromatic N) is 2. The van der Waals surface area contributed by atoms with E-state index in [1.165, 1.54) is 5.39 Å². The van der Waals surface area contributed by atoms with Crippen molar-refractivity contribution < 1.29 is 0 Å². The first-order valence-corrected chi connectivity index (χ1v) is 4.91. The van der Waals surface area contributed by atoms with Crippen molar-refractivity contribution in [1.29, 1.82) is 0 Å². The van der Waals surface area contributed by atoms with Gasteiger partial charge in [-0.1, -0.05) is 20.8 Å². The van der Waals surface area contributed by atoms with Crippen LogP contribution in [0, 0.1) is 0 Å². The first kappa shape index (κ1) is 9.25. The molecule has 0 bridgehead atoms. The Bertz CT molecular complexity index is 461. The maximum Gasteiger partial charge on any atom is 0.139 e. The molecule has 0 aromatic carbocycles. The van der Waals surface area contributed by atoms with E-state index in [4.69, 9.17) is 0 Å². The smallest absolute Gasteiger partial charge is 0.139 e. The Kier molecular flexibility index (Phi) is 1.88. The summed E-state index contributed by atoms with van der Waals surface area (Å²) >= 11 is 0. The molecule has 0 radical (unpaired) electrons. The zero-order valence-electron chi connectivity index (χ0n) is 9.20. The first-order chi connectivity index (χ1) is 6.48. The van der Waals surface area contributed by atoms with Gasteiger partial charge >= 0.3 is 0 Å². The minimum absolute atomic E-state index is 0.123. The second-order valence-corrected chi connectivity index (χ2v) is 4.79. The molecule has 0 aliphatic heterocycles. The van der Waals surface area contributed by atoms with Crippen LogP contribution < -0.4 is 0 Å². The highest BCUT2D eigenvalue weighted by molar-refractivity contribution is 5.76. The quantitative estimate of drug-likeness (QED) is 0.621. The molecule has 2 aromatic rings. The number of pyridine rings is 1. The second-order valence-electron chi connectivity index (χ2n) is 4.79. The van der Waals surface area contributed by atoms with Crippen LogP contribution >= 0.6 is 0 Å². The molecule has 2 aromatic heterocycles. The molecule has 2 nitrogen and oxygen atoms in total. The average molecular weight is 188 g/mol. The molecule has 74 valence electrons. The Morgan fingerprint density at radius 1 is 1.14 bits per heavy atom. The van der Waals surface area contributed by atoms with Crippen molar-refractivity contribution in [3.63, 3.8) is 0 Å². The summed E-state index contributed by atoms with van der Waals surface area (Å²) in [6.07, 6.45) is 2.05. The Morgan fingerprint density at radius 2 is 1.86 bits per heavy atom. The molecule has 0 fully saturated rings. The molecule has 0 aliphatic rings. The van der Waals surface area contributed by atoms with Crippen molar-refractivity contribution in [2.45, 2.75) is 26.2 Å². The highest BCUT2D eigenvalue weighted by Gasteiger charge is 2.15. The fraction of sp³-hybridized carbons (Fsp3) is 0.417. The van der Waals surface area contributed by atoms with Crippen LogP contribution in [0.4, 0.5) is 0 Å². The van der Waals surface area contributed by atoms with Crippen LogP contribution in [0.3, 0.4) is 0 Å². The predicted molar refractivity (Wildman–Crippen MR) is 59.4 cm³/mol. The van der Waals surface area contributed by atoms with Gasteiger partial charge in [0.15, 0.2) is 0 Å². The lowest BCUT2D eigenvalue weighted by Crippen LogP contribution is -2.13. The minimum Gasteiger partial charge on any atom is -0.336 e. The van der Waals surface area contributed by atoms with Gasteiger partial charge in [-0.25, -0.2) is 4.98 Å². The van der Waals surface area contributed by atoms with Gasteiger partial charge in [0.2, 0.25) is 0 Å². The van der Waals surface area contributed by atoms with Gasteiger partial charge in [0.1, 0.15) is 5.65 Å². The molecule has 0 unspecified atom stereocenters. The van der Waals surface area contributed by atoms with Crippen molar-refractivity contribution in [2.24, 2.45) is 7.05 Å². The molecular weight excluding hydrogens is 172 g/mol. The summed E-state index contributed by atoms with van der Waals surface area (Å²) in [4.78, 5) is 4.67. The molecule has 0 atom stereocenters. The van der Waals surface area contributed by atoms with Gasteiger partial charge in [0.05, 0.1) is 0 Å². The van der Waals surface area contributed by atoms with E-state index >= 15 is 0 Å². The zero-order chi connectivity index (χ0) is 10.3. The summed E-state index contributed by atoms with van der Waals surface area (Å²) in [7, 11) is 2.03. The largest absolute Gasteiger partial charge is 0.336 e. The van der Waals surface area contributed by atoms with Crippen LogP contribution in [0.1, 0.15) is 26.5 Å². The van der Waals surface area contributed by atoms with Crippen molar-refractivity contribution >= 4 is 11.0 Å². The van der Waals surface area contributed by atoms with Crippen LogP contribution in [0.2, 0.25) is 0 Å². The molecule has 0 amide bonds. The van der Waals surface area contributed by atoms with E-state index in [2.05, 4.69) is 48.5 Å². The van der Waals surface area contributed by atoms with E-state index in [-0.39, 0.29) is 5.41 Å². The molecule has 2 heterocycles. The highest BCUT2D eigenvalue weighted by Crippen LogP contribution is 2.22. The first-order valence-electron chi connectivity index (χ1n) is 4.91. The molecule has 2 rings (SSSR count). The highest BCUT2D eigenvalue weighted by atomic mass is 15.0. The van der Waals surface area contributed by atoms with E-state index in [1.54, 1.807) is 0 Å². The van der Waals surface area contributed by atoms with Gasteiger partial charge in [-0.2, -0.15) is 0 Å². The fourth-order valence-corrected chi connectivity index (χ4v) is 1.55. The minimum atomic E-state index is 0.123. The average Bonchev–Trinajstić information content (AvgIpc) is 2.46. The summed E-state index contributed by atoms with van der Waals surface area (Å²) in [6.45, 7) is 6.55. The SMILES string of the molecule is Cn1ccc2ccc(C(C)(C)C)nc21. The van der Waals surface area contributed by atoms with Crippen LogP contribution in [0.15, 0.2) is 24.4 Å². The molecule has 0 spiro atoms. The van der Waals surface area contributed by atoms with Crippen molar-refractivity contribution in [3.8, 4) is 0 Å². The molecule has 0 N–H and O–H groups in total. The standard InChI is InChI=1S/C12H16N2/c1-12(2,3)10-6-5-9-7-8-14(4)11(9)13-10/h5-8H,1-4H3. The third-order valence-corrected chi connectivity index (χ3v) is 2.49. The Labute approximate surface area is 84.6 Å². The lowest BCUT2D eigenvalue weighted by Gasteiger charge is -2.17. The fourth-order valence-electron chi connectivity index (χ4n) is 1.55. The van der Waals surface area contributed by atoms with Crippen LogP contribution in [0.25, 0.3) is 11.0 Å². The monoisotopic (exact) mass is 188 g/mol. The number of aryl methyl sites for hydroxylation is 1. The van der Waals surface area contributed by atoms with Crippen LogP contribution in [-0.2, 0) is 12.5 Å².